The lowest BCUT2D eigenvalue weighted by atomic mass is 10.0. The van der Waals surface area contributed by atoms with Gasteiger partial charge in [0, 0.05) is 63.3 Å². The van der Waals surface area contributed by atoms with E-state index >= 15 is 0 Å². The second-order valence-electron chi connectivity index (χ2n) is 7.04. The summed E-state index contributed by atoms with van der Waals surface area (Å²) in [6.45, 7) is 3.35. The lowest BCUT2D eigenvalue weighted by Crippen LogP contribution is -2.31. The third-order valence-electron chi connectivity index (χ3n) is 4.71. The molecule has 0 fully saturated rings. The van der Waals surface area contributed by atoms with Crippen LogP contribution in [0, 0.1) is 5.92 Å². The number of aromatic nitrogens is 2. The number of pyridine rings is 1. The normalized spacial score (nSPS) is 16.4. The van der Waals surface area contributed by atoms with E-state index in [0.717, 1.165) is 31.7 Å². The highest BCUT2D eigenvalue weighted by atomic mass is 19.4. The summed E-state index contributed by atoms with van der Waals surface area (Å²) in [5.41, 5.74) is 2.34. The third-order valence-corrected chi connectivity index (χ3v) is 4.71. The highest BCUT2D eigenvalue weighted by molar-refractivity contribution is 5.75. The molecule has 8 nitrogen and oxygen atoms in total. The molecule has 3 heterocycles. The molecule has 1 atom stereocenters. The van der Waals surface area contributed by atoms with Crippen molar-refractivity contribution in [2.75, 3.05) is 20.7 Å². The van der Waals surface area contributed by atoms with Gasteiger partial charge in [-0.2, -0.15) is 13.2 Å². The van der Waals surface area contributed by atoms with Gasteiger partial charge in [-0.1, -0.05) is 6.07 Å². The number of nitrogens with one attached hydrogen (secondary N) is 1. The first-order valence-corrected chi connectivity index (χ1v) is 9.49. The van der Waals surface area contributed by atoms with E-state index in [2.05, 4.69) is 38.1 Å². The summed E-state index contributed by atoms with van der Waals surface area (Å²) < 4.78 is 39.4. The minimum Gasteiger partial charge on any atom is -0.481 e. The summed E-state index contributed by atoms with van der Waals surface area (Å²) in [5.74, 6) is -1.72. The van der Waals surface area contributed by atoms with Crippen molar-refractivity contribution >= 4 is 11.9 Å². The fraction of sp³-hybridized carbons (Fsp3) is 0.450. The molecule has 0 aromatic carbocycles. The number of aliphatic carboxylic acids is 1. The third kappa shape index (κ3) is 7.28. The molecule has 2 aromatic heterocycles. The standard InChI is InChI=1S/C18H24N4O2.C2HF3O2/c1-19-17(23)9-14-10-21(13-16-6-4-8-22(16)11-14)12-15-5-3-7-20-18(15)24-2;3-2(4,5)1(6)7/h3-8,14H,9-13H2,1-2H3,(H,19,23);(H,6,7). The first-order valence-electron chi connectivity index (χ1n) is 9.49. The number of hydrogen-bond donors (Lipinski definition) is 2. The van der Waals surface area contributed by atoms with Crippen molar-refractivity contribution < 1.29 is 32.6 Å². The van der Waals surface area contributed by atoms with Gasteiger partial charge in [-0.15, -0.1) is 0 Å². The van der Waals surface area contributed by atoms with E-state index < -0.39 is 12.1 Å². The van der Waals surface area contributed by atoms with Crippen molar-refractivity contribution in [1.82, 2.24) is 19.8 Å². The van der Waals surface area contributed by atoms with Crippen LogP contribution in [0.3, 0.4) is 0 Å². The summed E-state index contributed by atoms with van der Waals surface area (Å²) in [6, 6.07) is 8.19. The number of nitrogens with zero attached hydrogens (tertiary/aromatic N) is 3. The van der Waals surface area contributed by atoms with Crippen molar-refractivity contribution in [2.45, 2.75) is 32.2 Å². The largest absolute Gasteiger partial charge is 0.490 e. The zero-order chi connectivity index (χ0) is 23.0. The molecular formula is C20H25F3N4O4. The Kier molecular flexibility index (Phi) is 8.43. The smallest absolute Gasteiger partial charge is 0.481 e. The number of ether oxygens (including phenoxy) is 1. The second-order valence-corrected chi connectivity index (χ2v) is 7.04. The number of carbonyl (C=O) groups excluding carboxylic acids is 1. The van der Waals surface area contributed by atoms with Crippen LogP contribution < -0.4 is 10.1 Å². The maximum atomic E-state index is 11.8. The highest BCUT2D eigenvalue weighted by Crippen LogP contribution is 2.23. The Morgan fingerprint density at radius 3 is 2.61 bits per heavy atom. The molecule has 0 aliphatic carbocycles. The number of halogens is 3. The van der Waals surface area contributed by atoms with Crippen LogP contribution in [0.5, 0.6) is 5.88 Å². The first kappa shape index (κ1) is 24.2. The lowest BCUT2D eigenvalue weighted by Gasteiger charge is -2.24. The van der Waals surface area contributed by atoms with Crippen molar-refractivity contribution in [3.63, 3.8) is 0 Å². The van der Waals surface area contributed by atoms with Gasteiger partial charge in [0.2, 0.25) is 11.8 Å². The van der Waals surface area contributed by atoms with Crippen LogP contribution in [0.25, 0.3) is 0 Å². The number of carbonyl (C=O) groups is 2. The Balaban J connectivity index is 0.000000423. The lowest BCUT2D eigenvalue weighted by molar-refractivity contribution is -0.192. The quantitative estimate of drug-likeness (QED) is 0.738. The molecule has 0 radical (unpaired) electrons. The summed E-state index contributed by atoms with van der Waals surface area (Å²) in [4.78, 5) is 27.4. The average Bonchev–Trinajstić information content (AvgIpc) is 3.07. The van der Waals surface area contributed by atoms with E-state index in [0.29, 0.717) is 12.3 Å². The summed E-state index contributed by atoms with van der Waals surface area (Å²) in [6.07, 6.45) is -0.709. The Morgan fingerprint density at radius 2 is 2.00 bits per heavy atom. The van der Waals surface area contributed by atoms with E-state index in [1.54, 1.807) is 20.4 Å². The van der Waals surface area contributed by atoms with Gasteiger partial charge in [-0.05, 0) is 24.1 Å². The fourth-order valence-electron chi connectivity index (χ4n) is 3.35. The Morgan fingerprint density at radius 1 is 1.29 bits per heavy atom. The molecule has 0 saturated heterocycles. The number of alkyl halides is 3. The highest BCUT2D eigenvalue weighted by Gasteiger charge is 2.38. The SMILES string of the molecule is CNC(=O)CC1CN(Cc2cccnc2OC)Cc2cccn2C1.O=C(O)C(F)(F)F. The van der Waals surface area contributed by atoms with Gasteiger partial charge < -0.3 is 19.7 Å². The Hall–Kier alpha value is -3.08. The van der Waals surface area contributed by atoms with Crippen LogP contribution in [0.15, 0.2) is 36.7 Å². The van der Waals surface area contributed by atoms with E-state index in [-0.39, 0.29) is 11.8 Å². The topological polar surface area (TPSA) is 96.7 Å². The summed E-state index contributed by atoms with van der Waals surface area (Å²) in [7, 11) is 3.34. The first-order chi connectivity index (χ1) is 14.6. The predicted molar refractivity (Wildman–Crippen MR) is 105 cm³/mol. The van der Waals surface area contributed by atoms with Crippen LogP contribution in [-0.2, 0) is 29.2 Å². The molecule has 2 aromatic rings. The number of carboxylic acid groups (broad SMARTS) is 1. The Bertz CT molecular complexity index is 885. The van der Waals surface area contributed by atoms with Crippen molar-refractivity contribution in [1.29, 1.82) is 0 Å². The molecule has 11 heteroatoms. The second kappa shape index (κ2) is 10.8. The molecule has 1 aliphatic heterocycles. The van der Waals surface area contributed by atoms with E-state index in [4.69, 9.17) is 14.6 Å². The van der Waals surface area contributed by atoms with Crippen LogP contribution in [0.2, 0.25) is 0 Å². The molecule has 0 saturated carbocycles. The number of rotatable bonds is 5. The zero-order valence-corrected chi connectivity index (χ0v) is 17.2. The number of amides is 1. The minimum atomic E-state index is -5.08. The number of carboxylic acids is 1. The molecule has 3 rings (SSSR count). The van der Waals surface area contributed by atoms with Crippen molar-refractivity contribution in [3.05, 3.63) is 47.9 Å². The zero-order valence-electron chi connectivity index (χ0n) is 17.2. The molecule has 2 N–H and O–H groups in total. The van der Waals surface area contributed by atoms with Gasteiger partial charge in [0.25, 0.3) is 0 Å². The van der Waals surface area contributed by atoms with Gasteiger partial charge in [0.1, 0.15) is 0 Å². The van der Waals surface area contributed by atoms with Crippen molar-refractivity contribution in [2.24, 2.45) is 5.92 Å². The van der Waals surface area contributed by atoms with E-state index in [1.807, 2.05) is 12.1 Å². The fourth-order valence-corrected chi connectivity index (χ4v) is 3.35. The van der Waals surface area contributed by atoms with Gasteiger partial charge >= 0.3 is 12.1 Å². The monoisotopic (exact) mass is 442 g/mol. The molecule has 1 amide bonds. The van der Waals surface area contributed by atoms with Gasteiger partial charge in [-0.3, -0.25) is 9.69 Å². The molecular weight excluding hydrogens is 417 g/mol. The summed E-state index contributed by atoms with van der Waals surface area (Å²) in [5, 5.41) is 9.86. The molecule has 1 unspecified atom stereocenters. The number of fused-ring (bicyclic) bond motifs is 1. The number of methoxy groups -OCH3 is 1. The maximum Gasteiger partial charge on any atom is 0.490 e. The average molecular weight is 442 g/mol. The van der Waals surface area contributed by atoms with E-state index in [1.165, 1.54) is 5.69 Å². The van der Waals surface area contributed by atoms with Crippen LogP contribution in [0.4, 0.5) is 13.2 Å². The molecule has 1 aliphatic rings. The van der Waals surface area contributed by atoms with Gasteiger partial charge in [0.15, 0.2) is 0 Å². The van der Waals surface area contributed by atoms with Crippen molar-refractivity contribution in [3.8, 4) is 5.88 Å². The van der Waals surface area contributed by atoms with Crippen LogP contribution in [0.1, 0.15) is 17.7 Å². The van der Waals surface area contributed by atoms with Crippen LogP contribution >= 0.6 is 0 Å². The van der Waals surface area contributed by atoms with Gasteiger partial charge in [-0.25, -0.2) is 9.78 Å². The number of hydrogen-bond acceptors (Lipinski definition) is 5. The van der Waals surface area contributed by atoms with Gasteiger partial charge in [0.05, 0.1) is 7.11 Å². The molecule has 0 spiro atoms. The molecule has 0 bridgehead atoms. The van der Waals surface area contributed by atoms with E-state index in [9.17, 15) is 18.0 Å². The molecule has 170 valence electrons. The Labute approximate surface area is 177 Å². The summed E-state index contributed by atoms with van der Waals surface area (Å²) >= 11 is 0. The minimum absolute atomic E-state index is 0.0921. The maximum absolute atomic E-state index is 11.8. The predicted octanol–water partition coefficient (Wildman–Crippen LogP) is 2.29. The van der Waals surface area contributed by atoms with Crippen LogP contribution in [-0.4, -0.2) is 58.3 Å². The molecule has 31 heavy (non-hydrogen) atoms.